The molecule has 4 rings (SSSR count). The van der Waals surface area contributed by atoms with Crippen LogP contribution in [-0.4, -0.2) is 23.1 Å². The second kappa shape index (κ2) is 11.0. The monoisotopic (exact) mass is 531 g/mol. The van der Waals surface area contributed by atoms with Gasteiger partial charge in [0.25, 0.3) is 0 Å². The maximum atomic E-state index is 13.3. The molecule has 4 aromatic rings. The van der Waals surface area contributed by atoms with E-state index in [0.29, 0.717) is 35.2 Å². The first kappa shape index (κ1) is 23.5. The van der Waals surface area contributed by atoms with Gasteiger partial charge in [0.1, 0.15) is 18.2 Å². The molecule has 0 saturated heterocycles. The van der Waals surface area contributed by atoms with E-state index in [1.54, 1.807) is 6.07 Å². The van der Waals surface area contributed by atoms with Crippen LogP contribution in [-0.2, 0) is 19.6 Å². The molecule has 0 aliphatic heterocycles. The van der Waals surface area contributed by atoms with Crippen LogP contribution >= 0.6 is 27.5 Å². The molecule has 0 saturated carbocycles. The lowest BCUT2D eigenvalue weighted by atomic mass is 10.2. The van der Waals surface area contributed by atoms with E-state index in [2.05, 4.69) is 31.2 Å². The Morgan fingerprint density at radius 3 is 2.76 bits per heavy atom. The van der Waals surface area contributed by atoms with Crippen LogP contribution in [0.4, 0.5) is 4.39 Å². The molecule has 0 fully saturated rings. The predicted octanol–water partition coefficient (Wildman–Crippen LogP) is 6.43. The van der Waals surface area contributed by atoms with E-state index in [9.17, 15) is 4.39 Å². The van der Waals surface area contributed by atoms with Crippen LogP contribution < -0.4 is 14.8 Å². The average molecular weight is 533 g/mol. The van der Waals surface area contributed by atoms with Crippen molar-refractivity contribution in [2.45, 2.75) is 26.5 Å². The molecule has 0 radical (unpaired) electrons. The van der Waals surface area contributed by atoms with Crippen LogP contribution in [0.15, 0.2) is 59.1 Å². The molecule has 172 valence electrons. The highest BCUT2D eigenvalue weighted by atomic mass is 79.9. The molecule has 3 aromatic carbocycles. The Labute approximate surface area is 205 Å². The van der Waals surface area contributed by atoms with Crippen LogP contribution in [0.5, 0.6) is 11.5 Å². The summed E-state index contributed by atoms with van der Waals surface area (Å²) in [6, 6.07) is 16.2. The molecular formula is C25H24BrClFN3O2. The summed E-state index contributed by atoms with van der Waals surface area (Å²) in [6.07, 6.45) is 0.799. The van der Waals surface area contributed by atoms with Crippen molar-refractivity contribution in [2.24, 2.45) is 0 Å². The number of rotatable bonds is 10. The van der Waals surface area contributed by atoms with Crippen molar-refractivity contribution in [1.82, 2.24) is 15.3 Å². The molecule has 1 heterocycles. The van der Waals surface area contributed by atoms with Gasteiger partial charge in [-0.2, -0.15) is 0 Å². The van der Waals surface area contributed by atoms with E-state index in [0.717, 1.165) is 39.9 Å². The smallest absolute Gasteiger partial charge is 0.175 e. The van der Waals surface area contributed by atoms with E-state index in [1.165, 1.54) is 12.1 Å². The van der Waals surface area contributed by atoms with Gasteiger partial charge in [-0.1, -0.05) is 29.8 Å². The Morgan fingerprint density at radius 2 is 1.97 bits per heavy atom. The first-order valence-electron chi connectivity index (χ1n) is 10.7. The van der Waals surface area contributed by atoms with Crippen LogP contribution in [0.3, 0.4) is 0 Å². The second-order valence-corrected chi connectivity index (χ2v) is 8.75. The molecule has 0 unspecified atom stereocenters. The largest absolute Gasteiger partial charge is 0.490 e. The fourth-order valence-electron chi connectivity index (χ4n) is 3.48. The first-order valence-corrected chi connectivity index (χ1v) is 11.9. The van der Waals surface area contributed by atoms with Gasteiger partial charge in [-0.05, 0) is 64.8 Å². The summed E-state index contributed by atoms with van der Waals surface area (Å²) in [5.41, 5.74) is 3.79. The van der Waals surface area contributed by atoms with Crippen molar-refractivity contribution in [1.29, 1.82) is 0 Å². The third-order valence-electron chi connectivity index (χ3n) is 5.06. The van der Waals surface area contributed by atoms with Crippen LogP contribution in [0.25, 0.3) is 11.0 Å². The number of imidazole rings is 1. The molecular weight excluding hydrogens is 509 g/mol. The highest BCUT2D eigenvalue weighted by Crippen LogP contribution is 2.38. The molecule has 5 nitrogen and oxygen atoms in total. The molecule has 0 spiro atoms. The number of benzene rings is 3. The zero-order chi connectivity index (χ0) is 23.2. The van der Waals surface area contributed by atoms with E-state index < -0.39 is 0 Å². The second-order valence-electron chi connectivity index (χ2n) is 7.49. The predicted molar refractivity (Wildman–Crippen MR) is 133 cm³/mol. The Hall–Kier alpha value is -2.61. The lowest BCUT2D eigenvalue weighted by molar-refractivity contribution is 0.267. The summed E-state index contributed by atoms with van der Waals surface area (Å²) in [5, 5.41) is 3.78. The van der Waals surface area contributed by atoms with Crippen molar-refractivity contribution >= 4 is 38.6 Å². The number of hydrogen-bond donors (Lipinski definition) is 2. The van der Waals surface area contributed by atoms with Crippen molar-refractivity contribution < 1.29 is 13.9 Å². The number of aromatic nitrogens is 2. The SMILES string of the molecule is CCOc1cc(CNCCc2nc3ccccc3[nH]2)cc(Br)c1OCc1ccc(F)cc1Cl. The molecule has 0 amide bonds. The number of aromatic amines is 1. The maximum Gasteiger partial charge on any atom is 0.175 e. The van der Waals surface area contributed by atoms with Crippen molar-refractivity contribution in [3.05, 3.63) is 86.9 Å². The number of halogens is 3. The summed E-state index contributed by atoms with van der Waals surface area (Å²) in [6.45, 7) is 4.08. The number of ether oxygens (including phenoxy) is 2. The Bertz CT molecular complexity index is 1210. The Balaban J connectivity index is 1.38. The van der Waals surface area contributed by atoms with Gasteiger partial charge in [0.2, 0.25) is 0 Å². The lowest BCUT2D eigenvalue weighted by Crippen LogP contribution is -2.17. The van der Waals surface area contributed by atoms with Gasteiger partial charge in [-0.15, -0.1) is 0 Å². The van der Waals surface area contributed by atoms with Gasteiger partial charge in [0.15, 0.2) is 11.5 Å². The van der Waals surface area contributed by atoms with Gasteiger partial charge in [-0.3, -0.25) is 0 Å². The average Bonchev–Trinajstić information content (AvgIpc) is 3.20. The van der Waals surface area contributed by atoms with E-state index >= 15 is 0 Å². The van der Waals surface area contributed by atoms with Gasteiger partial charge >= 0.3 is 0 Å². The Morgan fingerprint density at radius 1 is 1.12 bits per heavy atom. The highest BCUT2D eigenvalue weighted by Gasteiger charge is 2.14. The van der Waals surface area contributed by atoms with E-state index in [1.807, 2.05) is 43.3 Å². The van der Waals surface area contributed by atoms with Crippen LogP contribution in [0, 0.1) is 5.82 Å². The zero-order valence-corrected chi connectivity index (χ0v) is 20.5. The number of H-pyrrole nitrogens is 1. The number of para-hydroxylation sites is 2. The molecule has 8 heteroatoms. The standard InChI is InChI=1S/C25H24BrClFN3O2/c1-2-32-23-12-16(14-29-10-9-24-30-21-5-3-4-6-22(21)31-24)11-19(26)25(23)33-15-17-7-8-18(28)13-20(17)27/h3-8,11-13,29H,2,9-10,14-15H2,1H3,(H,30,31). The summed E-state index contributed by atoms with van der Waals surface area (Å²) in [7, 11) is 0. The maximum absolute atomic E-state index is 13.3. The molecule has 2 N–H and O–H groups in total. The summed E-state index contributed by atoms with van der Waals surface area (Å²) >= 11 is 9.72. The minimum Gasteiger partial charge on any atom is -0.490 e. The quantitative estimate of drug-likeness (QED) is 0.231. The minimum absolute atomic E-state index is 0.201. The fraction of sp³-hybridized carbons (Fsp3) is 0.240. The normalized spacial score (nSPS) is 11.2. The summed E-state index contributed by atoms with van der Waals surface area (Å²) < 4.78 is 25.9. The fourth-order valence-corrected chi connectivity index (χ4v) is 4.30. The minimum atomic E-state index is -0.378. The molecule has 0 bridgehead atoms. The van der Waals surface area contributed by atoms with E-state index in [-0.39, 0.29) is 12.4 Å². The third-order valence-corrected chi connectivity index (χ3v) is 6.00. The number of nitrogens with one attached hydrogen (secondary N) is 2. The van der Waals surface area contributed by atoms with Crippen LogP contribution in [0.2, 0.25) is 5.02 Å². The Kier molecular flexibility index (Phi) is 7.85. The summed E-state index contributed by atoms with van der Waals surface area (Å²) in [4.78, 5) is 7.95. The molecule has 33 heavy (non-hydrogen) atoms. The third kappa shape index (κ3) is 6.05. The van der Waals surface area contributed by atoms with Gasteiger partial charge in [-0.25, -0.2) is 9.37 Å². The van der Waals surface area contributed by atoms with Crippen molar-refractivity contribution in [3.63, 3.8) is 0 Å². The van der Waals surface area contributed by atoms with E-state index in [4.69, 9.17) is 21.1 Å². The number of fused-ring (bicyclic) bond motifs is 1. The van der Waals surface area contributed by atoms with Gasteiger partial charge < -0.3 is 19.8 Å². The zero-order valence-electron chi connectivity index (χ0n) is 18.1. The van der Waals surface area contributed by atoms with Crippen molar-refractivity contribution in [3.8, 4) is 11.5 Å². The van der Waals surface area contributed by atoms with Crippen LogP contribution in [0.1, 0.15) is 23.9 Å². The summed E-state index contributed by atoms with van der Waals surface area (Å²) in [5.74, 6) is 1.81. The molecule has 1 aromatic heterocycles. The number of nitrogens with zero attached hydrogens (tertiary/aromatic N) is 1. The van der Waals surface area contributed by atoms with Gasteiger partial charge in [0, 0.05) is 25.1 Å². The number of hydrogen-bond acceptors (Lipinski definition) is 4. The molecule has 0 aliphatic carbocycles. The van der Waals surface area contributed by atoms with Gasteiger partial charge in [0.05, 0.1) is 27.1 Å². The molecule has 0 atom stereocenters. The van der Waals surface area contributed by atoms with Crippen molar-refractivity contribution in [2.75, 3.05) is 13.2 Å². The highest BCUT2D eigenvalue weighted by molar-refractivity contribution is 9.10. The molecule has 0 aliphatic rings. The topological polar surface area (TPSA) is 59.2 Å². The first-order chi connectivity index (χ1) is 16.0. The lowest BCUT2D eigenvalue weighted by Gasteiger charge is -2.16.